The molecule has 1 heterocycles. The van der Waals surface area contributed by atoms with Crippen LogP contribution < -0.4 is 16.0 Å². The van der Waals surface area contributed by atoms with E-state index in [1.807, 2.05) is 6.92 Å². The number of carbonyl (C=O) groups is 2. The Bertz CT molecular complexity index is 212. The normalized spacial score (nSPS) is 20.5. The van der Waals surface area contributed by atoms with Gasteiger partial charge >= 0.3 is 0 Å². The van der Waals surface area contributed by atoms with E-state index < -0.39 is 0 Å². The molecule has 5 nitrogen and oxygen atoms in total. The Hall–Kier alpha value is -1.10. The predicted molar refractivity (Wildman–Crippen MR) is 52.7 cm³/mol. The van der Waals surface area contributed by atoms with Gasteiger partial charge in [-0.05, 0) is 19.9 Å². The average molecular weight is 199 g/mol. The molecule has 0 bridgehead atoms. The lowest BCUT2D eigenvalue weighted by Crippen LogP contribution is -2.40. The third-order valence-corrected chi connectivity index (χ3v) is 2.23. The first-order valence-corrected chi connectivity index (χ1v) is 4.99. The van der Waals surface area contributed by atoms with E-state index in [0.717, 1.165) is 19.5 Å². The number of amides is 2. The number of hydrogen-bond donors (Lipinski definition) is 3. The highest BCUT2D eigenvalue weighted by Gasteiger charge is 2.22. The summed E-state index contributed by atoms with van der Waals surface area (Å²) in [7, 11) is 0. The second-order valence-electron chi connectivity index (χ2n) is 3.36. The molecule has 0 radical (unpaired) electrons. The fourth-order valence-electron chi connectivity index (χ4n) is 1.45. The molecule has 1 fully saturated rings. The van der Waals surface area contributed by atoms with Gasteiger partial charge in [-0.15, -0.1) is 0 Å². The van der Waals surface area contributed by atoms with Crippen molar-refractivity contribution in [3.8, 4) is 0 Å². The van der Waals surface area contributed by atoms with E-state index >= 15 is 0 Å². The number of nitrogens with one attached hydrogen (secondary N) is 3. The summed E-state index contributed by atoms with van der Waals surface area (Å²) in [5.74, 6) is -0.127. The predicted octanol–water partition coefficient (Wildman–Crippen LogP) is -1.15. The van der Waals surface area contributed by atoms with Crippen LogP contribution in [0.4, 0.5) is 0 Å². The van der Waals surface area contributed by atoms with E-state index in [9.17, 15) is 9.59 Å². The molecule has 1 unspecified atom stereocenters. The lowest BCUT2D eigenvalue weighted by molar-refractivity contribution is -0.128. The van der Waals surface area contributed by atoms with Crippen LogP contribution >= 0.6 is 0 Å². The van der Waals surface area contributed by atoms with Crippen LogP contribution in [0.15, 0.2) is 0 Å². The fourth-order valence-corrected chi connectivity index (χ4v) is 1.45. The second kappa shape index (κ2) is 5.59. The van der Waals surface area contributed by atoms with Gasteiger partial charge in [0.15, 0.2) is 0 Å². The standard InChI is InChI=1S/C9H17N3O2/c1-2-11-8(13)6-12-9(14)7-3-4-10-5-7/h7,10H,2-6H2,1H3,(H,11,13)(H,12,14). The van der Waals surface area contributed by atoms with Gasteiger partial charge in [0.05, 0.1) is 12.5 Å². The first-order chi connectivity index (χ1) is 6.74. The molecule has 1 atom stereocenters. The van der Waals surface area contributed by atoms with Crippen LogP contribution in [0.2, 0.25) is 0 Å². The Morgan fingerprint density at radius 2 is 2.21 bits per heavy atom. The van der Waals surface area contributed by atoms with E-state index in [0.29, 0.717) is 6.54 Å². The monoisotopic (exact) mass is 199 g/mol. The molecule has 0 spiro atoms. The molecular weight excluding hydrogens is 182 g/mol. The Kier molecular flexibility index (Phi) is 4.39. The van der Waals surface area contributed by atoms with Crippen molar-refractivity contribution in [2.24, 2.45) is 5.92 Å². The summed E-state index contributed by atoms with van der Waals surface area (Å²) in [6, 6.07) is 0. The van der Waals surface area contributed by atoms with Crippen LogP contribution in [0.25, 0.3) is 0 Å². The van der Waals surface area contributed by atoms with E-state index in [-0.39, 0.29) is 24.3 Å². The van der Waals surface area contributed by atoms with E-state index in [1.54, 1.807) is 0 Å². The summed E-state index contributed by atoms with van der Waals surface area (Å²) in [4.78, 5) is 22.4. The maximum absolute atomic E-state index is 11.4. The van der Waals surface area contributed by atoms with Crippen molar-refractivity contribution in [3.05, 3.63) is 0 Å². The van der Waals surface area contributed by atoms with Crippen molar-refractivity contribution >= 4 is 11.8 Å². The Morgan fingerprint density at radius 1 is 1.43 bits per heavy atom. The Labute approximate surface area is 83.6 Å². The minimum Gasteiger partial charge on any atom is -0.355 e. The summed E-state index contributed by atoms with van der Waals surface area (Å²) in [6.45, 7) is 4.14. The summed E-state index contributed by atoms with van der Waals surface area (Å²) in [6.07, 6.45) is 0.862. The number of hydrogen-bond acceptors (Lipinski definition) is 3. The molecule has 1 aliphatic heterocycles. The summed E-state index contributed by atoms with van der Waals surface area (Å²) in [5, 5.41) is 8.35. The van der Waals surface area contributed by atoms with Crippen LogP contribution in [0, 0.1) is 5.92 Å². The molecule has 1 aliphatic rings. The van der Waals surface area contributed by atoms with Gasteiger partial charge in [0.2, 0.25) is 11.8 Å². The maximum Gasteiger partial charge on any atom is 0.239 e. The SMILES string of the molecule is CCNC(=O)CNC(=O)C1CCNC1. The zero-order chi connectivity index (χ0) is 10.4. The van der Waals surface area contributed by atoms with Crippen LogP contribution in [0.3, 0.4) is 0 Å². The summed E-state index contributed by atoms with van der Waals surface area (Å²) < 4.78 is 0. The Balaban J connectivity index is 2.17. The first kappa shape index (κ1) is 11.0. The molecule has 1 saturated heterocycles. The third kappa shape index (κ3) is 3.33. The molecule has 3 N–H and O–H groups in total. The highest BCUT2D eigenvalue weighted by atomic mass is 16.2. The van der Waals surface area contributed by atoms with Crippen LogP contribution in [0.5, 0.6) is 0 Å². The maximum atomic E-state index is 11.4. The van der Waals surface area contributed by atoms with Gasteiger partial charge in [0.1, 0.15) is 0 Å². The molecule has 0 saturated carbocycles. The highest BCUT2D eigenvalue weighted by molar-refractivity contribution is 5.85. The van der Waals surface area contributed by atoms with Crippen LogP contribution in [0.1, 0.15) is 13.3 Å². The van der Waals surface area contributed by atoms with E-state index in [4.69, 9.17) is 0 Å². The minimum atomic E-state index is -0.133. The lowest BCUT2D eigenvalue weighted by atomic mass is 10.1. The quantitative estimate of drug-likeness (QED) is 0.535. The van der Waals surface area contributed by atoms with Crippen molar-refractivity contribution in [2.75, 3.05) is 26.2 Å². The average Bonchev–Trinajstić information content (AvgIpc) is 2.67. The van der Waals surface area contributed by atoms with Crippen molar-refractivity contribution in [2.45, 2.75) is 13.3 Å². The lowest BCUT2D eigenvalue weighted by Gasteiger charge is -2.09. The highest BCUT2D eigenvalue weighted by Crippen LogP contribution is 2.06. The second-order valence-corrected chi connectivity index (χ2v) is 3.36. The molecule has 0 aromatic rings. The minimum absolute atomic E-state index is 0.0266. The Morgan fingerprint density at radius 3 is 2.79 bits per heavy atom. The van der Waals surface area contributed by atoms with E-state index in [2.05, 4.69) is 16.0 Å². The molecule has 2 amide bonds. The topological polar surface area (TPSA) is 70.2 Å². The molecular formula is C9H17N3O2. The van der Waals surface area contributed by atoms with Gasteiger partial charge in [-0.2, -0.15) is 0 Å². The van der Waals surface area contributed by atoms with Crippen molar-refractivity contribution < 1.29 is 9.59 Å². The third-order valence-electron chi connectivity index (χ3n) is 2.23. The molecule has 0 aromatic carbocycles. The number of likely N-dealkylation sites (N-methyl/N-ethyl adjacent to an activating group) is 1. The van der Waals surface area contributed by atoms with Gasteiger partial charge in [-0.1, -0.05) is 0 Å². The number of carbonyl (C=O) groups excluding carboxylic acids is 2. The molecule has 0 aliphatic carbocycles. The van der Waals surface area contributed by atoms with Crippen LogP contribution in [-0.4, -0.2) is 38.0 Å². The largest absolute Gasteiger partial charge is 0.355 e. The van der Waals surface area contributed by atoms with Gasteiger partial charge < -0.3 is 16.0 Å². The van der Waals surface area contributed by atoms with Gasteiger partial charge in [-0.25, -0.2) is 0 Å². The van der Waals surface area contributed by atoms with Crippen LogP contribution in [-0.2, 0) is 9.59 Å². The zero-order valence-electron chi connectivity index (χ0n) is 8.43. The van der Waals surface area contributed by atoms with Crippen molar-refractivity contribution in [3.63, 3.8) is 0 Å². The first-order valence-electron chi connectivity index (χ1n) is 4.99. The molecule has 80 valence electrons. The molecule has 5 heteroatoms. The molecule has 0 aromatic heterocycles. The molecule has 14 heavy (non-hydrogen) atoms. The van der Waals surface area contributed by atoms with Gasteiger partial charge in [0, 0.05) is 13.1 Å². The van der Waals surface area contributed by atoms with E-state index in [1.165, 1.54) is 0 Å². The molecule has 1 rings (SSSR count). The zero-order valence-corrected chi connectivity index (χ0v) is 8.43. The summed E-state index contributed by atoms with van der Waals surface area (Å²) >= 11 is 0. The van der Waals surface area contributed by atoms with Crippen molar-refractivity contribution in [1.82, 2.24) is 16.0 Å². The summed E-state index contributed by atoms with van der Waals surface area (Å²) in [5.41, 5.74) is 0. The van der Waals surface area contributed by atoms with Gasteiger partial charge in [-0.3, -0.25) is 9.59 Å². The smallest absolute Gasteiger partial charge is 0.239 e. The van der Waals surface area contributed by atoms with Crippen molar-refractivity contribution in [1.29, 1.82) is 0 Å². The fraction of sp³-hybridized carbons (Fsp3) is 0.778. The number of rotatable bonds is 4. The van der Waals surface area contributed by atoms with Gasteiger partial charge in [0.25, 0.3) is 0 Å².